The third-order valence-electron chi connectivity index (χ3n) is 2.00. The van der Waals surface area contributed by atoms with Crippen molar-refractivity contribution in [2.24, 2.45) is 0 Å². The van der Waals surface area contributed by atoms with Gasteiger partial charge in [0.25, 0.3) is 0 Å². The van der Waals surface area contributed by atoms with E-state index in [-0.39, 0.29) is 11.1 Å². The summed E-state index contributed by atoms with van der Waals surface area (Å²) in [7, 11) is 0. The molecule has 1 saturated heterocycles. The maximum absolute atomic E-state index is 5.40. The molecule has 0 spiro atoms. The monoisotopic (exact) mass is 242 g/mol. The van der Waals surface area contributed by atoms with Crippen LogP contribution in [0.25, 0.3) is 0 Å². The van der Waals surface area contributed by atoms with Gasteiger partial charge in [0, 0.05) is 0 Å². The summed E-state index contributed by atoms with van der Waals surface area (Å²) >= 11 is 3.56. The van der Waals surface area contributed by atoms with Crippen LogP contribution in [0.5, 0.6) is 0 Å². The number of rotatable bonds is 2. The van der Waals surface area contributed by atoms with Crippen LogP contribution in [0.3, 0.4) is 0 Å². The predicted molar refractivity (Wildman–Crippen MR) is 53.8 cm³/mol. The lowest BCUT2D eigenvalue weighted by Gasteiger charge is -2.16. The number of halogens is 1. The number of ether oxygens (including phenoxy) is 2. The fraction of sp³-hybridized carbons (Fsp3) is 0.400. The van der Waals surface area contributed by atoms with Gasteiger partial charge in [0.15, 0.2) is 6.29 Å². The molecule has 70 valence electrons. The van der Waals surface area contributed by atoms with Crippen LogP contribution < -0.4 is 0 Å². The highest BCUT2D eigenvalue weighted by molar-refractivity contribution is 9.09. The highest BCUT2D eigenvalue weighted by atomic mass is 79.9. The first-order valence-electron chi connectivity index (χ1n) is 4.30. The van der Waals surface area contributed by atoms with E-state index in [0.29, 0.717) is 13.2 Å². The van der Waals surface area contributed by atoms with Crippen molar-refractivity contribution < 1.29 is 9.47 Å². The van der Waals surface area contributed by atoms with Gasteiger partial charge in [-0.05, 0) is 5.56 Å². The van der Waals surface area contributed by atoms with Gasteiger partial charge < -0.3 is 9.47 Å². The van der Waals surface area contributed by atoms with Crippen molar-refractivity contribution in [2.45, 2.75) is 11.1 Å². The predicted octanol–water partition coefficient (Wildman–Crippen LogP) is 2.50. The van der Waals surface area contributed by atoms with Gasteiger partial charge >= 0.3 is 0 Å². The second-order valence-corrected chi connectivity index (χ2v) is 3.91. The summed E-state index contributed by atoms with van der Waals surface area (Å²) in [5, 5.41) is 0. The van der Waals surface area contributed by atoms with E-state index < -0.39 is 0 Å². The molecule has 1 atom stereocenters. The molecule has 1 unspecified atom stereocenters. The highest BCUT2D eigenvalue weighted by Crippen LogP contribution is 2.30. The van der Waals surface area contributed by atoms with Gasteiger partial charge in [0.2, 0.25) is 0 Å². The molecule has 3 heteroatoms. The summed E-state index contributed by atoms with van der Waals surface area (Å²) in [5.41, 5.74) is 1.19. The normalized spacial score (nSPS) is 20.4. The van der Waals surface area contributed by atoms with Crippen molar-refractivity contribution in [3.05, 3.63) is 35.9 Å². The van der Waals surface area contributed by atoms with E-state index in [9.17, 15) is 0 Å². The van der Waals surface area contributed by atoms with E-state index in [1.165, 1.54) is 5.56 Å². The molecular weight excluding hydrogens is 232 g/mol. The van der Waals surface area contributed by atoms with Gasteiger partial charge in [-0.15, -0.1) is 0 Å². The molecule has 1 aliphatic rings. The van der Waals surface area contributed by atoms with E-state index in [0.717, 1.165) is 0 Å². The van der Waals surface area contributed by atoms with Crippen LogP contribution in [0.4, 0.5) is 0 Å². The molecule has 1 fully saturated rings. The van der Waals surface area contributed by atoms with Crippen molar-refractivity contribution in [1.82, 2.24) is 0 Å². The Morgan fingerprint density at radius 2 is 1.77 bits per heavy atom. The minimum Gasteiger partial charge on any atom is -0.349 e. The minimum absolute atomic E-state index is 0.135. The molecule has 0 aliphatic carbocycles. The quantitative estimate of drug-likeness (QED) is 0.743. The maximum Gasteiger partial charge on any atom is 0.174 e. The molecular formula is C10H11BrO2. The second kappa shape index (κ2) is 4.22. The minimum atomic E-state index is -0.137. The van der Waals surface area contributed by atoms with Crippen LogP contribution in [0, 0.1) is 0 Å². The standard InChI is InChI=1S/C10H11BrO2/c11-9(10-12-6-7-13-10)8-4-2-1-3-5-8/h1-5,9-10H,6-7H2. The molecule has 0 aromatic heterocycles. The van der Waals surface area contributed by atoms with Gasteiger partial charge in [-0.1, -0.05) is 46.3 Å². The van der Waals surface area contributed by atoms with Crippen LogP contribution in [0.2, 0.25) is 0 Å². The largest absolute Gasteiger partial charge is 0.349 e. The Labute approximate surface area is 86.0 Å². The van der Waals surface area contributed by atoms with Gasteiger partial charge in [-0.25, -0.2) is 0 Å². The van der Waals surface area contributed by atoms with Crippen LogP contribution in [-0.2, 0) is 9.47 Å². The van der Waals surface area contributed by atoms with E-state index >= 15 is 0 Å². The van der Waals surface area contributed by atoms with E-state index in [4.69, 9.17) is 9.47 Å². The zero-order valence-corrected chi connectivity index (χ0v) is 8.74. The smallest absolute Gasteiger partial charge is 0.174 e. The summed E-state index contributed by atoms with van der Waals surface area (Å²) < 4.78 is 10.8. The Morgan fingerprint density at radius 3 is 2.38 bits per heavy atom. The van der Waals surface area contributed by atoms with Crippen molar-refractivity contribution in [3.8, 4) is 0 Å². The lowest BCUT2D eigenvalue weighted by molar-refractivity contribution is -0.0408. The summed E-state index contributed by atoms with van der Waals surface area (Å²) in [5.74, 6) is 0. The molecule has 0 saturated carbocycles. The maximum atomic E-state index is 5.40. The number of hydrogen-bond acceptors (Lipinski definition) is 2. The number of alkyl halides is 1. The Bertz CT molecular complexity index is 257. The first-order chi connectivity index (χ1) is 6.38. The molecule has 1 aromatic rings. The second-order valence-electron chi connectivity index (χ2n) is 2.92. The average Bonchev–Trinajstić information content (AvgIpc) is 2.71. The molecule has 1 aromatic carbocycles. The SMILES string of the molecule is BrC(c1ccccc1)C1OCCO1. The molecule has 1 heterocycles. The Kier molecular flexibility index (Phi) is 2.98. The molecule has 2 rings (SSSR count). The molecule has 0 bridgehead atoms. The van der Waals surface area contributed by atoms with Crippen LogP contribution in [0.1, 0.15) is 10.4 Å². The summed E-state index contributed by atoms with van der Waals surface area (Å²) in [6.07, 6.45) is -0.137. The third-order valence-corrected chi connectivity index (χ3v) is 2.96. The number of benzene rings is 1. The zero-order valence-electron chi connectivity index (χ0n) is 7.15. The summed E-state index contributed by atoms with van der Waals surface area (Å²) in [4.78, 5) is 0.135. The Morgan fingerprint density at radius 1 is 1.15 bits per heavy atom. The van der Waals surface area contributed by atoms with Gasteiger partial charge in [-0.2, -0.15) is 0 Å². The molecule has 0 radical (unpaired) electrons. The van der Waals surface area contributed by atoms with Crippen molar-refractivity contribution in [3.63, 3.8) is 0 Å². The van der Waals surface area contributed by atoms with E-state index in [2.05, 4.69) is 28.1 Å². The fourth-order valence-corrected chi connectivity index (χ4v) is 1.95. The van der Waals surface area contributed by atoms with Crippen molar-refractivity contribution >= 4 is 15.9 Å². The molecule has 2 nitrogen and oxygen atoms in total. The van der Waals surface area contributed by atoms with E-state index in [1.54, 1.807) is 0 Å². The average molecular weight is 243 g/mol. The van der Waals surface area contributed by atoms with Crippen LogP contribution in [-0.4, -0.2) is 19.5 Å². The highest BCUT2D eigenvalue weighted by Gasteiger charge is 2.25. The van der Waals surface area contributed by atoms with Gasteiger partial charge in [0.1, 0.15) is 0 Å². The third kappa shape index (κ3) is 2.10. The number of hydrogen-bond donors (Lipinski definition) is 0. The molecule has 0 amide bonds. The lowest BCUT2D eigenvalue weighted by Crippen LogP contribution is -2.14. The van der Waals surface area contributed by atoms with Gasteiger partial charge in [0.05, 0.1) is 18.0 Å². The molecule has 13 heavy (non-hydrogen) atoms. The summed E-state index contributed by atoms with van der Waals surface area (Å²) in [6.45, 7) is 1.39. The van der Waals surface area contributed by atoms with E-state index in [1.807, 2.05) is 18.2 Å². The zero-order chi connectivity index (χ0) is 9.10. The lowest BCUT2D eigenvalue weighted by atomic mass is 10.1. The van der Waals surface area contributed by atoms with Crippen LogP contribution >= 0.6 is 15.9 Å². The topological polar surface area (TPSA) is 18.5 Å². The summed E-state index contributed by atoms with van der Waals surface area (Å²) in [6, 6.07) is 10.1. The van der Waals surface area contributed by atoms with Crippen molar-refractivity contribution in [2.75, 3.05) is 13.2 Å². The Balaban J connectivity index is 2.08. The van der Waals surface area contributed by atoms with Crippen LogP contribution in [0.15, 0.2) is 30.3 Å². The first kappa shape index (κ1) is 9.19. The van der Waals surface area contributed by atoms with Gasteiger partial charge in [-0.3, -0.25) is 0 Å². The molecule has 0 N–H and O–H groups in total. The van der Waals surface area contributed by atoms with Crippen molar-refractivity contribution in [1.29, 1.82) is 0 Å². The molecule has 1 aliphatic heterocycles. The fourth-order valence-electron chi connectivity index (χ4n) is 1.34. The first-order valence-corrected chi connectivity index (χ1v) is 5.22. The Hall–Kier alpha value is -0.380.